The molecule has 1 aromatic heterocycles. The third kappa shape index (κ3) is 4.59. The lowest BCUT2D eigenvalue weighted by Crippen LogP contribution is -2.65. The maximum Gasteiger partial charge on any atom is 0.335 e. The highest BCUT2D eigenvalue weighted by Gasteiger charge is 2.61. The predicted molar refractivity (Wildman–Crippen MR) is 132 cm³/mol. The van der Waals surface area contributed by atoms with E-state index in [1.165, 1.54) is 0 Å². The smallest absolute Gasteiger partial charge is 0.335 e. The molecule has 1 N–H and O–H groups in total. The van der Waals surface area contributed by atoms with Crippen LogP contribution in [-0.2, 0) is 17.7 Å². The minimum Gasteiger partial charge on any atom is -0.414 e. The summed E-state index contributed by atoms with van der Waals surface area (Å²) >= 11 is 12.3. The highest BCUT2D eigenvalue weighted by atomic mass is 35.5. The van der Waals surface area contributed by atoms with Crippen molar-refractivity contribution >= 4 is 40.3 Å². The molecule has 4 atom stereocenters. The van der Waals surface area contributed by atoms with E-state index < -0.39 is 41.5 Å². The Morgan fingerprint density at radius 1 is 0.938 bits per heavy atom. The molecule has 1 aromatic rings. The number of hydrogen-bond donors (Lipinski definition) is 1. The molecule has 182 valence electrons. The molecule has 3 heterocycles. The molecule has 6 nitrogen and oxygen atoms in total. The predicted octanol–water partition coefficient (Wildman–Crippen LogP) is 6.15. The molecule has 2 fully saturated rings. The van der Waals surface area contributed by atoms with Gasteiger partial charge >= 0.3 is 17.1 Å². The zero-order valence-electron chi connectivity index (χ0n) is 20.3. The molecular weight excluding hydrogens is 485 g/mol. The van der Waals surface area contributed by atoms with Gasteiger partial charge in [-0.3, -0.25) is 0 Å². The van der Waals surface area contributed by atoms with Gasteiger partial charge in [-0.1, -0.05) is 84.7 Å². The number of aromatic nitrogens is 1. The highest BCUT2D eigenvalue weighted by Crippen LogP contribution is 2.49. The lowest BCUT2D eigenvalue weighted by atomic mass is 10.0. The first-order valence-electron chi connectivity index (χ1n) is 11.5. The van der Waals surface area contributed by atoms with Crippen LogP contribution in [0.3, 0.4) is 0 Å². The van der Waals surface area contributed by atoms with Crippen molar-refractivity contribution in [1.82, 2.24) is 4.98 Å². The molecule has 0 spiro atoms. The number of halogens is 2. The van der Waals surface area contributed by atoms with Crippen LogP contribution in [0, 0.1) is 0 Å². The number of nitrogens with zero attached hydrogens (tertiary/aromatic N) is 1. The van der Waals surface area contributed by atoms with Crippen molar-refractivity contribution in [2.45, 2.75) is 102 Å². The zero-order chi connectivity index (χ0) is 24.0. The van der Waals surface area contributed by atoms with Crippen LogP contribution in [0.1, 0.15) is 67.1 Å². The highest BCUT2D eigenvalue weighted by molar-refractivity contribution is 6.84. The van der Waals surface area contributed by atoms with Crippen molar-refractivity contribution in [2.24, 2.45) is 0 Å². The lowest BCUT2D eigenvalue weighted by Gasteiger charge is -2.51. The van der Waals surface area contributed by atoms with E-state index in [4.69, 9.17) is 40.9 Å². The van der Waals surface area contributed by atoms with Gasteiger partial charge in [0.2, 0.25) is 0 Å². The average Bonchev–Trinajstić information content (AvgIpc) is 2.96. The standard InChI is InChI=1S/C22H37Cl2NO5Si2/c1-12(2)31(13(3)4)27-11-17-21(29-32(30-31,14(5)6)15(7)8)19(26)20(28-17)16-9-10-18(23)25-22(16)24/h9-10,12-15,17,19-21,26H,11H2,1-8H3/t17-,19+,20+,21-/m1/s1. The minimum atomic E-state index is -2.83. The van der Waals surface area contributed by atoms with Crippen molar-refractivity contribution in [2.75, 3.05) is 6.61 Å². The summed E-state index contributed by atoms with van der Waals surface area (Å²) in [5.74, 6) is 0. The maximum absolute atomic E-state index is 11.3. The number of hydrogen-bond acceptors (Lipinski definition) is 6. The summed E-state index contributed by atoms with van der Waals surface area (Å²) in [6.45, 7) is 17.6. The Morgan fingerprint density at radius 3 is 2.00 bits per heavy atom. The fourth-order valence-electron chi connectivity index (χ4n) is 5.05. The average molecular weight is 523 g/mol. The van der Waals surface area contributed by atoms with E-state index in [-0.39, 0.29) is 27.3 Å². The second-order valence-electron chi connectivity index (χ2n) is 10.2. The Balaban J connectivity index is 2.06. The molecule has 0 amide bonds. The number of ether oxygens (including phenoxy) is 1. The van der Waals surface area contributed by atoms with Crippen LogP contribution in [-0.4, -0.2) is 52.1 Å². The zero-order valence-corrected chi connectivity index (χ0v) is 23.8. The largest absolute Gasteiger partial charge is 0.414 e. The van der Waals surface area contributed by atoms with Crippen molar-refractivity contribution in [1.29, 1.82) is 0 Å². The van der Waals surface area contributed by atoms with E-state index in [1.54, 1.807) is 12.1 Å². The molecule has 10 heteroatoms. The summed E-state index contributed by atoms with van der Waals surface area (Å²) in [5, 5.41) is 11.9. The van der Waals surface area contributed by atoms with Gasteiger partial charge in [-0.2, -0.15) is 0 Å². The molecule has 32 heavy (non-hydrogen) atoms. The second kappa shape index (κ2) is 9.91. The fraction of sp³-hybridized carbons (Fsp3) is 0.773. The second-order valence-corrected chi connectivity index (χ2v) is 19.7. The Kier molecular flexibility index (Phi) is 8.23. The summed E-state index contributed by atoms with van der Waals surface area (Å²) < 4.78 is 27.1. The van der Waals surface area contributed by atoms with Crippen molar-refractivity contribution in [3.8, 4) is 0 Å². The first kappa shape index (κ1) is 26.6. The number of fused-ring (bicyclic) bond motifs is 1. The van der Waals surface area contributed by atoms with Gasteiger partial charge in [-0.05, 0) is 28.2 Å². The molecule has 0 aromatic carbocycles. The normalized spacial score (nSPS) is 30.1. The molecule has 2 aliphatic heterocycles. The third-order valence-electron chi connectivity index (χ3n) is 6.82. The van der Waals surface area contributed by atoms with E-state index in [9.17, 15) is 5.11 Å². The van der Waals surface area contributed by atoms with E-state index in [0.717, 1.165) is 0 Å². The van der Waals surface area contributed by atoms with Gasteiger partial charge in [0.25, 0.3) is 0 Å². The van der Waals surface area contributed by atoms with Crippen LogP contribution in [0.25, 0.3) is 0 Å². The number of aliphatic hydroxyl groups excluding tert-OH is 1. The number of aliphatic hydroxyl groups is 1. The van der Waals surface area contributed by atoms with Crippen molar-refractivity contribution in [3.05, 3.63) is 28.0 Å². The fourth-order valence-corrected chi connectivity index (χ4v) is 16.7. The molecule has 2 saturated heterocycles. The van der Waals surface area contributed by atoms with Crippen molar-refractivity contribution in [3.63, 3.8) is 0 Å². The summed E-state index contributed by atoms with van der Waals surface area (Å²) in [4.78, 5) is 4.12. The SMILES string of the molecule is CC(C)[Si]1(C(C)C)OC[C@H]2O[C@@H](c3ccc(Cl)nc3Cl)[C@H](O)[C@@H]2O[Si](C(C)C)(C(C)C)O1. The molecule has 0 saturated carbocycles. The van der Waals surface area contributed by atoms with Gasteiger partial charge in [-0.15, -0.1) is 0 Å². The number of pyridine rings is 1. The van der Waals surface area contributed by atoms with Gasteiger partial charge in [0.1, 0.15) is 34.7 Å². The van der Waals surface area contributed by atoms with Gasteiger partial charge in [0.05, 0.1) is 6.61 Å². The van der Waals surface area contributed by atoms with E-state index in [2.05, 4.69) is 60.4 Å². The molecule has 2 aliphatic rings. The quantitative estimate of drug-likeness (QED) is 0.370. The number of rotatable bonds is 5. The third-order valence-corrected chi connectivity index (χ3v) is 17.6. The molecule has 3 rings (SSSR count). The summed E-state index contributed by atoms with van der Waals surface area (Å²) in [6.07, 6.45) is -2.61. The lowest BCUT2D eigenvalue weighted by molar-refractivity contribution is -0.0391. The molecule has 0 bridgehead atoms. The van der Waals surface area contributed by atoms with Crippen molar-refractivity contribution < 1.29 is 22.8 Å². The van der Waals surface area contributed by atoms with Gasteiger partial charge in [0, 0.05) is 5.56 Å². The molecule has 0 unspecified atom stereocenters. The van der Waals surface area contributed by atoms with E-state index in [0.29, 0.717) is 17.3 Å². The Bertz CT molecular complexity index is 795. The van der Waals surface area contributed by atoms with Crippen LogP contribution in [0.4, 0.5) is 0 Å². The first-order chi connectivity index (χ1) is 14.9. The first-order valence-corrected chi connectivity index (χ1v) is 16.2. The van der Waals surface area contributed by atoms with Crippen LogP contribution in [0.15, 0.2) is 12.1 Å². The minimum absolute atomic E-state index is 0.168. The van der Waals surface area contributed by atoms with Gasteiger partial charge in [-0.25, -0.2) is 4.98 Å². The Labute approximate surface area is 204 Å². The van der Waals surface area contributed by atoms with Crippen LogP contribution >= 0.6 is 23.2 Å². The van der Waals surface area contributed by atoms with E-state index in [1.807, 2.05) is 0 Å². The van der Waals surface area contributed by atoms with E-state index >= 15 is 0 Å². The summed E-state index contributed by atoms with van der Waals surface area (Å²) in [7, 11) is -5.50. The topological polar surface area (TPSA) is 70.0 Å². The summed E-state index contributed by atoms with van der Waals surface area (Å²) in [5.41, 5.74) is 1.41. The van der Waals surface area contributed by atoms with Crippen LogP contribution in [0.5, 0.6) is 0 Å². The van der Waals surface area contributed by atoms with Crippen LogP contribution < -0.4 is 0 Å². The molecule has 0 aliphatic carbocycles. The Morgan fingerprint density at radius 2 is 1.50 bits per heavy atom. The molecule has 0 radical (unpaired) electrons. The Hall–Kier alpha value is -0.0362. The van der Waals surface area contributed by atoms with Gasteiger partial charge in [0.15, 0.2) is 0 Å². The molecular formula is C22H37Cl2NO5Si2. The van der Waals surface area contributed by atoms with Crippen LogP contribution in [0.2, 0.25) is 32.5 Å². The monoisotopic (exact) mass is 521 g/mol. The van der Waals surface area contributed by atoms with Gasteiger partial charge < -0.3 is 22.8 Å². The maximum atomic E-state index is 11.3. The summed E-state index contributed by atoms with van der Waals surface area (Å²) in [6, 6.07) is 3.40.